The van der Waals surface area contributed by atoms with Crippen molar-refractivity contribution in [3.05, 3.63) is 64.8 Å². The molecule has 1 aliphatic heterocycles. The Balaban J connectivity index is 0.00000192. The maximum absolute atomic E-state index is 11.4. The third-order valence-electron chi connectivity index (χ3n) is 3.23. The maximum atomic E-state index is 11.4. The van der Waals surface area contributed by atoms with E-state index in [1.54, 1.807) is 18.2 Å². The molecule has 2 aliphatic rings. The summed E-state index contributed by atoms with van der Waals surface area (Å²) in [5.74, 6) is 1.21. The van der Waals surface area contributed by atoms with Crippen LogP contribution >= 0.6 is 0 Å². The third-order valence-corrected chi connectivity index (χ3v) is 3.23. The van der Waals surface area contributed by atoms with Crippen LogP contribution in [0.3, 0.4) is 0 Å². The van der Waals surface area contributed by atoms with Gasteiger partial charge in [0.25, 0.3) is 0 Å². The number of hydrogen-bond donors (Lipinski definition) is 2. The second-order valence-corrected chi connectivity index (χ2v) is 4.71. The van der Waals surface area contributed by atoms with Crippen LogP contribution in [0, 0.1) is 0 Å². The summed E-state index contributed by atoms with van der Waals surface area (Å²) in [6, 6.07) is 15.7. The summed E-state index contributed by atoms with van der Waals surface area (Å²) in [5, 5.41) is 9.28. The summed E-state index contributed by atoms with van der Waals surface area (Å²) in [7, 11) is 1.37. The van der Waals surface area contributed by atoms with Gasteiger partial charge in [0.15, 0.2) is 5.43 Å². The molecular formula is C17H14ClNO4. The first-order chi connectivity index (χ1) is 10.7. The molecule has 0 unspecified atom stereocenters. The van der Waals surface area contributed by atoms with Gasteiger partial charge in [-0.1, -0.05) is 0 Å². The van der Waals surface area contributed by atoms with Crippen molar-refractivity contribution in [1.29, 1.82) is 0 Å². The van der Waals surface area contributed by atoms with Crippen molar-refractivity contribution in [2.75, 3.05) is 7.11 Å². The van der Waals surface area contributed by atoms with E-state index in [4.69, 9.17) is 4.42 Å². The normalized spacial score (nSPS) is 11.1. The summed E-state index contributed by atoms with van der Waals surface area (Å²) in [6.07, 6.45) is -0.272. The average Bonchev–Trinajstić information content (AvgIpc) is 2.54. The first-order valence-electron chi connectivity index (χ1n) is 6.67. The second kappa shape index (κ2) is 6.98. The zero-order valence-electron chi connectivity index (χ0n) is 12.2. The molecule has 2 N–H and O–H groups in total. The molecule has 3 rings (SSSR count). The van der Waals surface area contributed by atoms with Gasteiger partial charge in [0.05, 0.1) is 7.11 Å². The lowest BCUT2D eigenvalue weighted by atomic mass is 10.1. The van der Waals surface area contributed by atoms with Gasteiger partial charge in [-0.2, -0.15) is 0 Å². The van der Waals surface area contributed by atoms with E-state index < -0.39 is 0 Å². The summed E-state index contributed by atoms with van der Waals surface area (Å²) >= 11 is 0. The van der Waals surface area contributed by atoms with Crippen molar-refractivity contribution in [3.8, 4) is 22.6 Å². The van der Waals surface area contributed by atoms with E-state index in [2.05, 4.69) is 9.73 Å². The minimum absolute atomic E-state index is 0. The first-order valence-corrected chi connectivity index (χ1v) is 6.67. The molecule has 23 heavy (non-hydrogen) atoms. The number of nitrogens with one attached hydrogen (secondary N) is 1. The zero-order chi connectivity index (χ0) is 15.5. The number of rotatable bonds is 2. The molecule has 0 bridgehead atoms. The number of benzene rings is 2. The third kappa shape index (κ3) is 3.70. The molecule has 0 amide bonds. The molecule has 0 atom stereocenters. The second-order valence-electron chi connectivity index (χ2n) is 4.71. The van der Waals surface area contributed by atoms with Crippen LogP contribution in [0.4, 0.5) is 5.69 Å². The molecule has 6 heteroatoms. The molecule has 118 valence electrons. The molecule has 0 fully saturated rings. The lowest BCUT2D eigenvalue weighted by Gasteiger charge is -2.06. The monoisotopic (exact) mass is 331 g/mol. The molecule has 0 aromatic heterocycles. The largest absolute Gasteiger partial charge is 1.00 e. The Bertz CT molecular complexity index is 855. The number of fused-ring (bicyclic) bond motifs is 1. The molecule has 0 radical (unpaired) electrons. The van der Waals surface area contributed by atoms with Gasteiger partial charge in [-0.05, 0) is 36.4 Å². The Morgan fingerprint density at radius 1 is 1.00 bits per heavy atom. The summed E-state index contributed by atoms with van der Waals surface area (Å²) in [6.45, 7) is 0. The standard InChI is InChI=1S/C17H13NO4.ClH/c1-21-17(20)18-13-6-2-11(3-7-13)15-9-5-12-4-8-14(19)10-16(12)22-15;/h2-10H,1H3,(H,18,20);1H. The Morgan fingerprint density at radius 3 is 2.30 bits per heavy atom. The van der Waals surface area contributed by atoms with E-state index >= 15 is 0 Å². The highest BCUT2D eigenvalue weighted by atomic mass is 35.5. The molecule has 1 aliphatic carbocycles. The van der Waals surface area contributed by atoms with Crippen LogP contribution in [0.2, 0.25) is 0 Å². The highest BCUT2D eigenvalue weighted by Crippen LogP contribution is 2.27. The summed E-state index contributed by atoms with van der Waals surface area (Å²) < 4.78 is 10.4. The predicted molar refractivity (Wildman–Crippen MR) is 82.3 cm³/mol. The Labute approximate surface area is 138 Å². The number of ether oxygens (including phenoxy) is 1. The lowest BCUT2D eigenvalue weighted by Crippen LogP contribution is -3.00. The molecule has 1 aromatic carbocycles. The highest BCUT2D eigenvalue weighted by molar-refractivity contribution is 5.66. The number of aliphatic hydroxyl groups excluding tert-OH is 1. The zero-order valence-corrected chi connectivity index (χ0v) is 13.0. The van der Waals surface area contributed by atoms with Gasteiger partial charge in [0.2, 0.25) is 5.69 Å². The van der Waals surface area contributed by atoms with Gasteiger partial charge in [-0.3, -0.25) is 4.79 Å². The van der Waals surface area contributed by atoms with E-state index in [1.165, 1.54) is 19.2 Å². The molecule has 5 nitrogen and oxygen atoms in total. The quantitative estimate of drug-likeness (QED) is 0.452. The van der Waals surface area contributed by atoms with Gasteiger partial charge < -0.3 is 26.7 Å². The van der Waals surface area contributed by atoms with E-state index in [1.807, 2.05) is 24.3 Å². The average molecular weight is 332 g/mol. The predicted octanol–water partition coefficient (Wildman–Crippen LogP) is -1.31. The Kier molecular flexibility index (Phi) is 5.03. The van der Waals surface area contributed by atoms with Gasteiger partial charge in [0.1, 0.15) is 11.5 Å². The van der Waals surface area contributed by atoms with Crippen molar-refractivity contribution in [2.45, 2.75) is 0 Å². The minimum atomic E-state index is -0.272. The van der Waals surface area contributed by atoms with Crippen LogP contribution in [0.1, 0.15) is 0 Å². The van der Waals surface area contributed by atoms with Crippen LogP contribution in [0.25, 0.3) is 22.6 Å². The number of aliphatic hydroxyl groups is 1. The van der Waals surface area contributed by atoms with Crippen molar-refractivity contribution >= 4 is 11.8 Å². The van der Waals surface area contributed by atoms with Crippen LogP contribution in [0.15, 0.2) is 63.8 Å². The SMILES string of the molecule is COC(O)=[NH+]c1ccc(-c2ccc3ccc(=O)cc-3o2)cc1.[Cl-]. The van der Waals surface area contributed by atoms with E-state index in [9.17, 15) is 9.90 Å². The smallest absolute Gasteiger partial charge is 0.550 e. The molecule has 0 saturated carbocycles. The van der Waals surface area contributed by atoms with Crippen LogP contribution in [-0.4, -0.2) is 18.3 Å². The van der Waals surface area contributed by atoms with E-state index in [0.29, 0.717) is 17.2 Å². The first kappa shape index (κ1) is 16.6. The van der Waals surface area contributed by atoms with E-state index in [-0.39, 0.29) is 23.9 Å². The summed E-state index contributed by atoms with van der Waals surface area (Å²) in [5.41, 5.74) is 2.34. The van der Waals surface area contributed by atoms with Crippen molar-refractivity contribution < 1.29 is 31.7 Å². The molecule has 0 spiro atoms. The number of methoxy groups -OCH3 is 1. The lowest BCUT2D eigenvalue weighted by molar-refractivity contribution is -0.381. The van der Waals surface area contributed by atoms with Gasteiger partial charge >= 0.3 is 6.08 Å². The number of halogens is 1. The fourth-order valence-electron chi connectivity index (χ4n) is 2.11. The topological polar surface area (TPSA) is 73.6 Å². The van der Waals surface area contributed by atoms with Crippen molar-refractivity contribution in [3.63, 3.8) is 0 Å². The Morgan fingerprint density at radius 2 is 1.61 bits per heavy atom. The van der Waals surface area contributed by atoms with Crippen molar-refractivity contribution in [1.82, 2.24) is 0 Å². The van der Waals surface area contributed by atoms with Gasteiger partial charge in [-0.15, -0.1) is 4.99 Å². The van der Waals surface area contributed by atoms with Crippen LogP contribution in [0.5, 0.6) is 0 Å². The molecule has 0 saturated heterocycles. The highest BCUT2D eigenvalue weighted by Gasteiger charge is 2.09. The van der Waals surface area contributed by atoms with Gasteiger partial charge in [-0.25, -0.2) is 0 Å². The van der Waals surface area contributed by atoms with Gasteiger partial charge in [0, 0.05) is 29.3 Å². The fraction of sp³-hybridized carbons (Fsp3) is 0.0588. The van der Waals surface area contributed by atoms with E-state index in [0.717, 1.165) is 11.1 Å². The van der Waals surface area contributed by atoms with Crippen LogP contribution in [-0.2, 0) is 4.74 Å². The molecule has 1 aromatic rings. The fourth-order valence-corrected chi connectivity index (χ4v) is 2.11. The molecular weight excluding hydrogens is 318 g/mol. The number of hydrogen-bond acceptors (Lipinski definition) is 3. The van der Waals surface area contributed by atoms with Crippen LogP contribution < -0.4 is 22.8 Å². The maximum Gasteiger partial charge on any atom is 0.550 e. The summed E-state index contributed by atoms with van der Waals surface area (Å²) in [4.78, 5) is 14.1. The molecule has 1 heterocycles. The van der Waals surface area contributed by atoms with Crippen molar-refractivity contribution in [2.24, 2.45) is 0 Å². The Hall–Kier alpha value is -2.79. The minimum Gasteiger partial charge on any atom is -1.00 e.